The zero-order valence-electron chi connectivity index (χ0n) is 26.0. The third-order valence-corrected chi connectivity index (χ3v) is 8.17. The molecule has 4 nitrogen and oxygen atoms in total. The predicted molar refractivity (Wildman–Crippen MR) is 174 cm³/mol. The molecule has 224 valence electrons. The molecule has 0 radical (unpaired) electrons. The number of ether oxygens (including phenoxy) is 2. The van der Waals surface area contributed by atoms with Crippen molar-refractivity contribution in [3.8, 4) is 0 Å². The summed E-state index contributed by atoms with van der Waals surface area (Å²) >= 11 is 0. The van der Waals surface area contributed by atoms with E-state index in [-0.39, 0.29) is 5.78 Å². The highest BCUT2D eigenvalue weighted by molar-refractivity contribution is 6.09. The van der Waals surface area contributed by atoms with E-state index in [2.05, 4.69) is 48.4 Å². The van der Waals surface area contributed by atoms with Gasteiger partial charge >= 0.3 is 0 Å². The van der Waals surface area contributed by atoms with Crippen LogP contribution in [-0.2, 0) is 14.3 Å². The lowest BCUT2D eigenvalue weighted by Crippen LogP contribution is -2.21. The fraction of sp³-hybridized carbons (Fsp3) is 0.541. The number of allylic oxidation sites excluding steroid dienone is 7. The van der Waals surface area contributed by atoms with Crippen LogP contribution in [0.1, 0.15) is 115 Å². The first-order chi connectivity index (χ1) is 20.2. The number of hydrogen-bond donors (Lipinski definition) is 0. The molecule has 0 saturated carbocycles. The van der Waals surface area contributed by atoms with Crippen LogP contribution in [0.3, 0.4) is 0 Å². The summed E-state index contributed by atoms with van der Waals surface area (Å²) in [5.74, 6) is 0.907. The van der Waals surface area contributed by atoms with Gasteiger partial charge in [-0.2, -0.15) is 0 Å². The highest BCUT2D eigenvalue weighted by Gasteiger charge is 2.20. The highest BCUT2D eigenvalue weighted by Crippen LogP contribution is 2.33. The fourth-order valence-corrected chi connectivity index (χ4v) is 5.68. The standard InChI is InChI=1S/C37H53NO3/c1-4-5-6-7-8-9-10-11-12-13-14-15-16-17-18-21-27-38-28-26-31(33-22-19-20-23-35(33)38)24-25-34-36(39)29-32(40-2)30-37(34)41-3/h19-20,22-26,28-30H,4-18,21,27H2,1-3H3/b31-24+,34-25-. The molecule has 0 atom stereocenters. The van der Waals surface area contributed by atoms with Crippen LogP contribution in [0.15, 0.2) is 77.9 Å². The summed E-state index contributed by atoms with van der Waals surface area (Å²) in [6.07, 6.45) is 33.6. The number of carbonyl (C=O) groups excluding carboxylic acids is 1. The smallest absolute Gasteiger partial charge is 0.193 e. The van der Waals surface area contributed by atoms with Crippen LogP contribution in [-0.4, -0.2) is 26.5 Å². The van der Waals surface area contributed by atoms with Crippen molar-refractivity contribution >= 4 is 17.0 Å². The molecule has 1 aliphatic heterocycles. The van der Waals surface area contributed by atoms with Crippen molar-refractivity contribution in [3.05, 3.63) is 83.5 Å². The van der Waals surface area contributed by atoms with Crippen LogP contribution in [0.4, 0.5) is 5.69 Å². The third kappa shape index (κ3) is 11.1. The van der Waals surface area contributed by atoms with Crippen molar-refractivity contribution < 1.29 is 14.3 Å². The van der Waals surface area contributed by atoms with Crippen molar-refractivity contribution in [1.82, 2.24) is 0 Å². The number of nitrogens with zero attached hydrogens (tertiary/aromatic N) is 1. The summed E-state index contributed by atoms with van der Waals surface area (Å²) in [6, 6.07) is 8.52. The van der Waals surface area contributed by atoms with Gasteiger partial charge in [0.05, 0.1) is 19.8 Å². The maximum absolute atomic E-state index is 12.6. The largest absolute Gasteiger partial charge is 0.496 e. The number of rotatable bonds is 20. The van der Waals surface area contributed by atoms with Gasteiger partial charge in [0.1, 0.15) is 11.5 Å². The van der Waals surface area contributed by atoms with Gasteiger partial charge in [0, 0.05) is 36.1 Å². The average molecular weight is 560 g/mol. The first kappa shape index (κ1) is 32.5. The third-order valence-electron chi connectivity index (χ3n) is 8.17. The van der Waals surface area contributed by atoms with Gasteiger partial charge in [-0.25, -0.2) is 0 Å². The summed E-state index contributed by atoms with van der Waals surface area (Å²) in [4.78, 5) is 15.0. The summed E-state index contributed by atoms with van der Waals surface area (Å²) in [7, 11) is 3.13. The number of unbranched alkanes of at least 4 members (excludes halogenated alkanes) is 15. The predicted octanol–water partition coefficient (Wildman–Crippen LogP) is 10.2. The number of methoxy groups -OCH3 is 2. The Bertz CT molecular complexity index is 1090. The Balaban J connectivity index is 1.36. The SMILES string of the molecule is CCCCCCCCCCCCCCCCCCN1C=C/C(=C\C=C2\C(=O)C=C(OC)C=C2OC)c2ccccc21. The second kappa shape index (κ2) is 19.2. The summed E-state index contributed by atoms with van der Waals surface area (Å²) in [5.41, 5.74) is 4.02. The average Bonchev–Trinajstić information content (AvgIpc) is 3.00. The quantitative estimate of drug-likeness (QED) is 0.118. The summed E-state index contributed by atoms with van der Waals surface area (Å²) in [5, 5.41) is 0. The molecule has 0 amide bonds. The fourth-order valence-electron chi connectivity index (χ4n) is 5.68. The number of ketones is 1. The minimum Gasteiger partial charge on any atom is -0.496 e. The number of benzene rings is 1. The molecule has 0 aromatic heterocycles. The Morgan fingerprint density at radius 2 is 1.29 bits per heavy atom. The number of hydrogen-bond acceptors (Lipinski definition) is 4. The zero-order chi connectivity index (χ0) is 29.1. The van der Waals surface area contributed by atoms with Crippen LogP contribution in [0.5, 0.6) is 0 Å². The van der Waals surface area contributed by atoms with E-state index < -0.39 is 0 Å². The Labute approximate surface area is 249 Å². The van der Waals surface area contributed by atoms with Crippen molar-refractivity contribution in [2.45, 2.75) is 110 Å². The van der Waals surface area contributed by atoms with Gasteiger partial charge in [-0.1, -0.05) is 128 Å². The van der Waals surface area contributed by atoms with Crippen LogP contribution < -0.4 is 4.90 Å². The molecule has 3 rings (SSSR count). The van der Waals surface area contributed by atoms with Gasteiger partial charge in [-0.05, 0) is 30.2 Å². The van der Waals surface area contributed by atoms with Gasteiger partial charge in [0.15, 0.2) is 5.78 Å². The topological polar surface area (TPSA) is 38.8 Å². The second-order valence-corrected chi connectivity index (χ2v) is 11.4. The normalized spacial score (nSPS) is 16.7. The molecule has 0 bridgehead atoms. The van der Waals surface area contributed by atoms with Crippen molar-refractivity contribution in [3.63, 3.8) is 0 Å². The number of para-hydroxylation sites is 1. The van der Waals surface area contributed by atoms with E-state index in [1.807, 2.05) is 12.2 Å². The lowest BCUT2D eigenvalue weighted by atomic mass is 9.97. The molecular formula is C37H53NO3. The number of fused-ring (bicyclic) bond motifs is 1. The minimum atomic E-state index is -0.115. The monoisotopic (exact) mass is 559 g/mol. The van der Waals surface area contributed by atoms with E-state index in [1.165, 1.54) is 120 Å². The van der Waals surface area contributed by atoms with Gasteiger partial charge in [-0.15, -0.1) is 0 Å². The summed E-state index contributed by atoms with van der Waals surface area (Å²) in [6.45, 7) is 3.32. The van der Waals surface area contributed by atoms with Gasteiger partial charge in [0.2, 0.25) is 0 Å². The minimum absolute atomic E-state index is 0.115. The van der Waals surface area contributed by atoms with Crippen LogP contribution in [0.25, 0.3) is 5.57 Å². The molecule has 1 aromatic carbocycles. The Hall–Kier alpha value is -3.01. The number of anilines is 1. The number of carbonyl (C=O) groups is 1. The van der Waals surface area contributed by atoms with Crippen LogP contribution in [0.2, 0.25) is 0 Å². The van der Waals surface area contributed by atoms with Crippen molar-refractivity contribution in [2.24, 2.45) is 0 Å². The first-order valence-corrected chi connectivity index (χ1v) is 16.2. The van der Waals surface area contributed by atoms with Crippen LogP contribution in [0, 0.1) is 0 Å². The molecular weight excluding hydrogens is 506 g/mol. The van der Waals surface area contributed by atoms with Gasteiger partial charge in [-0.3, -0.25) is 4.79 Å². The molecule has 2 aliphatic rings. The van der Waals surface area contributed by atoms with E-state index in [9.17, 15) is 4.79 Å². The van der Waals surface area contributed by atoms with E-state index >= 15 is 0 Å². The Morgan fingerprint density at radius 3 is 1.88 bits per heavy atom. The van der Waals surface area contributed by atoms with E-state index in [1.54, 1.807) is 20.3 Å². The maximum Gasteiger partial charge on any atom is 0.193 e. The first-order valence-electron chi connectivity index (χ1n) is 16.2. The molecule has 0 spiro atoms. The molecule has 0 N–H and O–H groups in total. The Kier molecular flexibility index (Phi) is 15.2. The molecule has 1 aromatic rings. The zero-order valence-corrected chi connectivity index (χ0v) is 26.0. The molecule has 0 unspecified atom stereocenters. The molecule has 0 saturated heterocycles. The molecule has 0 fully saturated rings. The van der Waals surface area contributed by atoms with Gasteiger partial charge < -0.3 is 14.4 Å². The second-order valence-electron chi connectivity index (χ2n) is 11.4. The van der Waals surface area contributed by atoms with Crippen molar-refractivity contribution in [1.29, 1.82) is 0 Å². The molecule has 41 heavy (non-hydrogen) atoms. The highest BCUT2D eigenvalue weighted by atomic mass is 16.5. The maximum atomic E-state index is 12.6. The van der Waals surface area contributed by atoms with Crippen LogP contribution >= 0.6 is 0 Å². The summed E-state index contributed by atoms with van der Waals surface area (Å²) < 4.78 is 10.7. The lowest BCUT2D eigenvalue weighted by molar-refractivity contribution is -0.111. The van der Waals surface area contributed by atoms with E-state index in [0.717, 1.165) is 12.1 Å². The van der Waals surface area contributed by atoms with E-state index in [4.69, 9.17) is 9.47 Å². The molecule has 1 aliphatic carbocycles. The molecule has 1 heterocycles. The van der Waals surface area contributed by atoms with E-state index in [0.29, 0.717) is 17.1 Å². The van der Waals surface area contributed by atoms with Crippen molar-refractivity contribution in [2.75, 3.05) is 25.7 Å². The molecule has 4 heteroatoms. The Morgan fingerprint density at radius 1 is 0.707 bits per heavy atom. The van der Waals surface area contributed by atoms with Gasteiger partial charge in [0.25, 0.3) is 0 Å². The lowest BCUT2D eigenvalue weighted by Gasteiger charge is -2.27.